The Balaban J connectivity index is 1.68. The normalized spacial score (nSPS) is 27.7. The highest BCUT2D eigenvalue weighted by Crippen LogP contribution is 2.32. The van der Waals surface area contributed by atoms with Gasteiger partial charge in [-0.1, -0.05) is 0 Å². The molecule has 11 nitrogen and oxygen atoms in total. The van der Waals surface area contributed by atoms with Gasteiger partial charge >= 0.3 is 5.97 Å². The van der Waals surface area contributed by atoms with Crippen molar-refractivity contribution in [2.45, 2.75) is 37.0 Å². The number of carboxylic acid groups (broad SMARTS) is 1. The Bertz CT molecular complexity index is 819. The van der Waals surface area contributed by atoms with Gasteiger partial charge in [0.1, 0.15) is 47.7 Å². The van der Waals surface area contributed by atoms with E-state index in [-0.39, 0.29) is 16.7 Å². The first-order valence-electron chi connectivity index (χ1n) is 8.31. The van der Waals surface area contributed by atoms with E-state index in [4.69, 9.17) is 21.3 Å². The Morgan fingerprint density at radius 1 is 1.37 bits per heavy atom. The molecule has 1 fully saturated rings. The van der Waals surface area contributed by atoms with Crippen molar-refractivity contribution < 1.29 is 24.9 Å². The van der Waals surface area contributed by atoms with Gasteiger partial charge in [-0.15, -0.1) is 0 Å². The van der Waals surface area contributed by atoms with Crippen molar-refractivity contribution in [1.82, 2.24) is 19.5 Å². The molecule has 0 bridgehead atoms. The van der Waals surface area contributed by atoms with E-state index in [1.165, 1.54) is 17.2 Å². The van der Waals surface area contributed by atoms with Crippen molar-refractivity contribution in [1.29, 1.82) is 0 Å². The molecule has 12 heteroatoms. The molecule has 3 rings (SSSR count). The molecule has 6 atom stereocenters. The molecule has 148 valence electrons. The minimum atomic E-state index is -1.16. The number of nitrogen functional groups attached to an aromatic ring is 1. The number of ether oxygens (including phenoxy) is 1. The zero-order chi connectivity index (χ0) is 19.7. The lowest BCUT2D eigenvalue weighted by atomic mass is 10.1. The fourth-order valence-electron chi connectivity index (χ4n) is 2.97. The molecular formula is C15H23N6O5S+. The molecular weight excluding hydrogens is 376 g/mol. The summed E-state index contributed by atoms with van der Waals surface area (Å²) in [5, 5.41) is 29.7. The summed E-state index contributed by atoms with van der Waals surface area (Å²) >= 11 is 0. The number of nitrogens with two attached hydrogens (primary N) is 2. The number of anilines is 1. The van der Waals surface area contributed by atoms with Gasteiger partial charge in [-0.3, -0.25) is 9.36 Å². The van der Waals surface area contributed by atoms with Gasteiger partial charge in [0, 0.05) is 6.42 Å². The molecule has 1 unspecified atom stereocenters. The molecule has 3 heterocycles. The van der Waals surface area contributed by atoms with Crippen molar-refractivity contribution in [3.63, 3.8) is 0 Å². The Kier molecular flexibility index (Phi) is 5.81. The summed E-state index contributed by atoms with van der Waals surface area (Å²) < 4.78 is 7.41. The van der Waals surface area contributed by atoms with E-state index in [0.717, 1.165) is 0 Å². The third-order valence-electron chi connectivity index (χ3n) is 4.54. The number of carboxylic acids is 1. The van der Waals surface area contributed by atoms with Gasteiger partial charge in [-0.05, 0) is 10.9 Å². The fraction of sp³-hybridized carbons (Fsp3) is 0.600. The largest absolute Gasteiger partial charge is 0.480 e. The van der Waals surface area contributed by atoms with Gasteiger partial charge < -0.3 is 31.5 Å². The molecule has 0 radical (unpaired) electrons. The van der Waals surface area contributed by atoms with E-state index in [9.17, 15) is 15.0 Å². The smallest absolute Gasteiger partial charge is 0.320 e. The number of fused-ring (bicyclic) bond motifs is 1. The monoisotopic (exact) mass is 399 g/mol. The van der Waals surface area contributed by atoms with Crippen LogP contribution in [0.1, 0.15) is 12.6 Å². The molecule has 0 spiro atoms. The highest BCUT2D eigenvalue weighted by Gasteiger charge is 2.46. The van der Waals surface area contributed by atoms with Crippen molar-refractivity contribution >= 4 is 33.8 Å². The molecule has 1 aliphatic rings. The van der Waals surface area contributed by atoms with Crippen molar-refractivity contribution in [3.05, 3.63) is 12.7 Å². The van der Waals surface area contributed by atoms with Crippen molar-refractivity contribution in [2.24, 2.45) is 5.73 Å². The number of aromatic nitrogens is 4. The summed E-state index contributed by atoms with van der Waals surface area (Å²) in [5.74, 6) is 0.254. The summed E-state index contributed by atoms with van der Waals surface area (Å²) in [6.45, 7) is 0. The minimum absolute atomic E-state index is 0.216. The van der Waals surface area contributed by atoms with Crippen LogP contribution in [0.2, 0.25) is 0 Å². The second-order valence-corrected chi connectivity index (χ2v) is 8.82. The van der Waals surface area contributed by atoms with Crippen LogP contribution in [0.25, 0.3) is 11.2 Å². The Morgan fingerprint density at radius 3 is 2.81 bits per heavy atom. The number of carbonyl (C=O) groups is 1. The Labute approximate surface area is 157 Å². The minimum Gasteiger partial charge on any atom is -0.480 e. The van der Waals surface area contributed by atoms with E-state index in [2.05, 4.69) is 15.0 Å². The lowest BCUT2D eigenvalue weighted by Gasteiger charge is -2.16. The molecule has 2 aromatic heterocycles. The number of hydrogen-bond acceptors (Lipinski definition) is 9. The van der Waals surface area contributed by atoms with Crippen LogP contribution in [0, 0.1) is 0 Å². The van der Waals surface area contributed by atoms with Gasteiger partial charge in [-0.25, -0.2) is 15.0 Å². The number of hydrogen-bond donors (Lipinski definition) is 5. The van der Waals surface area contributed by atoms with Crippen LogP contribution in [0.4, 0.5) is 5.82 Å². The topological polar surface area (TPSA) is 183 Å². The maximum Gasteiger partial charge on any atom is 0.320 e. The van der Waals surface area contributed by atoms with Gasteiger partial charge in [-0.2, -0.15) is 0 Å². The molecule has 0 amide bonds. The predicted molar refractivity (Wildman–Crippen MR) is 98.9 cm³/mol. The second-order valence-electron chi connectivity index (χ2n) is 6.51. The molecule has 2 aromatic rings. The van der Waals surface area contributed by atoms with Gasteiger partial charge in [0.25, 0.3) is 0 Å². The second kappa shape index (κ2) is 7.94. The van der Waals surface area contributed by atoms with Crippen LogP contribution in [-0.4, -0.2) is 82.9 Å². The molecule has 1 aliphatic heterocycles. The number of rotatable bonds is 7. The molecule has 27 heavy (non-hydrogen) atoms. The molecule has 0 saturated carbocycles. The Morgan fingerprint density at radius 2 is 2.11 bits per heavy atom. The summed E-state index contributed by atoms with van der Waals surface area (Å²) in [5.41, 5.74) is 12.1. The first kappa shape index (κ1) is 19.8. The van der Waals surface area contributed by atoms with Crippen LogP contribution < -0.4 is 11.5 Å². The lowest BCUT2D eigenvalue weighted by Crippen LogP contribution is -2.37. The number of imidazole rings is 1. The summed E-state index contributed by atoms with van der Waals surface area (Å²) in [4.78, 5) is 23.0. The SMILES string of the molecule is C[S+](CC[C@H](N)C(=O)O)C[C@H]1O[C@@H](n2cnc3c(N)ncnc32)[C@H](O)[C@H]1O. The lowest BCUT2D eigenvalue weighted by molar-refractivity contribution is -0.138. The van der Waals surface area contributed by atoms with E-state index in [0.29, 0.717) is 29.1 Å². The zero-order valence-corrected chi connectivity index (χ0v) is 15.5. The first-order chi connectivity index (χ1) is 12.8. The quantitative estimate of drug-likeness (QED) is 0.329. The molecule has 0 aliphatic carbocycles. The van der Waals surface area contributed by atoms with Crippen LogP contribution in [-0.2, 0) is 20.4 Å². The Hall–Kier alpha value is -1.99. The van der Waals surface area contributed by atoms with Gasteiger partial charge in [0.15, 0.2) is 17.7 Å². The highest BCUT2D eigenvalue weighted by atomic mass is 32.2. The van der Waals surface area contributed by atoms with E-state index < -0.39 is 36.6 Å². The van der Waals surface area contributed by atoms with Gasteiger partial charge in [0.2, 0.25) is 0 Å². The van der Waals surface area contributed by atoms with Crippen LogP contribution >= 0.6 is 0 Å². The number of nitrogens with zero attached hydrogens (tertiary/aromatic N) is 4. The molecule has 7 N–H and O–H groups in total. The standard InChI is InChI=1S/C15H22N6O5S/c1-27(3-2-7(16)15(24)25)4-8-10(22)11(23)14(26-8)21-6-20-9-12(17)18-5-19-13(9)21/h5-8,10-11,14,22-23H,2-4,16H2,1H3,(H2-,17,18,19,24,25)/p+1/t7-,8+,10-,11+,14+,27?/m0/s1. The van der Waals surface area contributed by atoms with E-state index >= 15 is 0 Å². The van der Waals surface area contributed by atoms with Crippen LogP contribution in [0.5, 0.6) is 0 Å². The van der Waals surface area contributed by atoms with Crippen molar-refractivity contribution in [2.75, 3.05) is 23.5 Å². The molecule has 1 saturated heterocycles. The summed E-state index contributed by atoms with van der Waals surface area (Å²) in [7, 11) is -0.235. The average Bonchev–Trinajstić information content (AvgIpc) is 3.17. The summed E-state index contributed by atoms with van der Waals surface area (Å²) in [6.07, 6.45) is 1.31. The van der Waals surface area contributed by atoms with Crippen molar-refractivity contribution in [3.8, 4) is 0 Å². The maximum atomic E-state index is 10.8. The first-order valence-corrected chi connectivity index (χ1v) is 10.3. The zero-order valence-electron chi connectivity index (χ0n) is 14.7. The average molecular weight is 399 g/mol. The maximum absolute atomic E-state index is 10.8. The number of aliphatic hydroxyl groups excluding tert-OH is 2. The highest BCUT2D eigenvalue weighted by molar-refractivity contribution is 7.96. The predicted octanol–water partition coefficient (Wildman–Crippen LogP) is -1.92. The summed E-state index contributed by atoms with van der Waals surface area (Å²) in [6, 6.07) is -0.907. The van der Waals surface area contributed by atoms with Crippen LogP contribution in [0.15, 0.2) is 12.7 Å². The fourth-order valence-corrected chi connectivity index (χ4v) is 4.63. The number of aliphatic hydroxyl groups is 2. The van der Waals surface area contributed by atoms with E-state index in [1.54, 1.807) is 0 Å². The van der Waals surface area contributed by atoms with Crippen LogP contribution in [0.3, 0.4) is 0 Å². The van der Waals surface area contributed by atoms with E-state index in [1.807, 2.05) is 6.26 Å². The number of aliphatic carboxylic acids is 1. The third-order valence-corrected chi connectivity index (χ3v) is 6.37. The van der Waals surface area contributed by atoms with Gasteiger partial charge in [0.05, 0.1) is 12.6 Å². The third kappa shape index (κ3) is 3.99. The molecule has 0 aromatic carbocycles.